The largest absolute Gasteiger partial charge is 0.353 e. The van der Waals surface area contributed by atoms with Crippen molar-refractivity contribution >= 4 is 50.4 Å². The minimum absolute atomic E-state index is 0.0239. The molecule has 2 fully saturated rings. The molecule has 0 aliphatic carbocycles. The third-order valence-electron chi connectivity index (χ3n) is 7.87. The molecule has 2 aliphatic rings. The van der Waals surface area contributed by atoms with Crippen LogP contribution in [0.1, 0.15) is 21.6 Å². The van der Waals surface area contributed by atoms with Crippen LogP contribution in [-0.4, -0.2) is 94.3 Å². The standard InChI is InChI=1S/C29H33BrN6O3/c1-5-26(37)35-16-22(17-35)32(4)27(38)18-36-20(3)28(23-14-21(30)7-8-24(23)36)29(39)34-12-10-33(11-13-34)25-9-6-19(2)15-31-25/h5-9,14-15,22H,1,10-13,16-18H2,2-4H3. The Balaban J connectivity index is 1.34. The monoisotopic (exact) mass is 592 g/mol. The molecule has 1 aromatic carbocycles. The summed E-state index contributed by atoms with van der Waals surface area (Å²) in [6, 6.07) is 9.88. The molecule has 4 heterocycles. The van der Waals surface area contributed by atoms with Crippen molar-refractivity contribution in [1.82, 2.24) is 24.3 Å². The molecule has 9 nitrogen and oxygen atoms in total. The third kappa shape index (κ3) is 5.17. The molecule has 0 atom stereocenters. The second kappa shape index (κ2) is 10.8. The summed E-state index contributed by atoms with van der Waals surface area (Å²) in [6.45, 7) is 11.2. The number of carbonyl (C=O) groups is 3. The van der Waals surface area contributed by atoms with Crippen molar-refractivity contribution in [3.63, 3.8) is 0 Å². The normalized spacial score (nSPS) is 15.8. The molecule has 0 spiro atoms. The number of likely N-dealkylation sites (N-methyl/N-ethyl adjacent to an activating group) is 1. The molecule has 0 N–H and O–H groups in total. The van der Waals surface area contributed by atoms with Gasteiger partial charge in [-0.05, 0) is 49.8 Å². The molecule has 2 saturated heterocycles. The Bertz CT molecular complexity index is 1440. The summed E-state index contributed by atoms with van der Waals surface area (Å²) < 4.78 is 2.81. The van der Waals surface area contributed by atoms with Crippen LogP contribution in [0.5, 0.6) is 0 Å². The van der Waals surface area contributed by atoms with Crippen molar-refractivity contribution in [2.24, 2.45) is 0 Å². The van der Waals surface area contributed by atoms with Crippen molar-refractivity contribution in [2.45, 2.75) is 26.4 Å². The van der Waals surface area contributed by atoms with Crippen LogP contribution >= 0.6 is 15.9 Å². The molecule has 204 valence electrons. The maximum absolute atomic E-state index is 13.9. The van der Waals surface area contributed by atoms with E-state index >= 15 is 0 Å². The van der Waals surface area contributed by atoms with E-state index < -0.39 is 0 Å². The number of carbonyl (C=O) groups excluding carboxylic acids is 3. The van der Waals surface area contributed by atoms with Crippen molar-refractivity contribution in [2.75, 3.05) is 51.2 Å². The number of likely N-dealkylation sites (tertiary alicyclic amines) is 1. The lowest BCUT2D eigenvalue weighted by atomic mass is 10.1. The van der Waals surface area contributed by atoms with E-state index in [1.165, 1.54) is 6.08 Å². The molecule has 10 heteroatoms. The van der Waals surface area contributed by atoms with Crippen LogP contribution in [0.2, 0.25) is 0 Å². The molecule has 2 aromatic heterocycles. The van der Waals surface area contributed by atoms with Crippen LogP contribution in [0.3, 0.4) is 0 Å². The highest BCUT2D eigenvalue weighted by molar-refractivity contribution is 9.10. The molecular weight excluding hydrogens is 560 g/mol. The van der Waals surface area contributed by atoms with Crippen LogP contribution < -0.4 is 4.90 Å². The summed E-state index contributed by atoms with van der Waals surface area (Å²) in [4.78, 5) is 51.0. The smallest absolute Gasteiger partial charge is 0.256 e. The van der Waals surface area contributed by atoms with E-state index in [1.54, 1.807) is 16.8 Å². The zero-order valence-electron chi connectivity index (χ0n) is 22.6. The Morgan fingerprint density at radius 1 is 1.08 bits per heavy atom. The minimum Gasteiger partial charge on any atom is -0.353 e. The fourth-order valence-corrected chi connectivity index (χ4v) is 5.69. The number of halogens is 1. The summed E-state index contributed by atoms with van der Waals surface area (Å²) in [6.07, 6.45) is 3.16. The molecule has 0 saturated carbocycles. The molecule has 0 unspecified atom stereocenters. The first-order chi connectivity index (χ1) is 18.7. The van der Waals surface area contributed by atoms with Gasteiger partial charge in [0.1, 0.15) is 12.4 Å². The molecule has 3 aromatic rings. The highest BCUT2D eigenvalue weighted by atomic mass is 79.9. The highest BCUT2D eigenvalue weighted by Crippen LogP contribution is 2.31. The summed E-state index contributed by atoms with van der Waals surface area (Å²) in [7, 11) is 1.77. The SMILES string of the molecule is C=CC(=O)N1CC(N(C)C(=O)Cn2c(C)c(C(=O)N3CCN(c4ccc(C)cn4)CC3)c3cc(Br)ccc32)C1. The number of fused-ring (bicyclic) bond motifs is 1. The van der Waals surface area contributed by atoms with Gasteiger partial charge in [-0.3, -0.25) is 14.4 Å². The van der Waals surface area contributed by atoms with Crippen molar-refractivity contribution in [1.29, 1.82) is 0 Å². The molecule has 0 bridgehead atoms. The van der Waals surface area contributed by atoms with Crippen LogP contribution in [0.4, 0.5) is 5.82 Å². The van der Waals surface area contributed by atoms with Crippen LogP contribution in [0.15, 0.2) is 53.7 Å². The molecular formula is C29H33BrN6O3. The number of piperazine rings is 1. The summed E-state index contributed by atoms with van der Waals surface area (Å²) in [5.41, 5.74) is 3.37. The quantitative estimate of drug-likeness (QED) is 0.410. The maximum Gasteiger partial charge on any atom is 0.256 e. The highest BCUT2D eigenvalue weighted by Gasteiger charge is 2.35. The lowest BCUT2D eigenvalue weighted by Crippen LogP contribution is -2.61. The summed E-state index contributed by atoms with van der Waals surface area (Å²) >= 11 is 3.56. The second-order valence-electron chi connectivity index (χ2n) is 10.3. The number of pyridine rings is 1. The zero-order valence-corrected chi connectivity index (χ0v) is 24.1. The first-order valence-electron chi connectivity index (χ1n) is 13.1. The van der Waals surface area contributed by atoms with Crippen molar-refractivity contribution < 1.29 is 14.4 Å². The second-order valence-corrected chi connectivity index (χ2v) is 11.2. The Morgan fingerprint density at radius 3 is 2.44 bits per heavy atom. The zero-order chi connectivity index (χ0) is 27.8. The van der Waals surface area contributed by atoms with Gasteiger partial charge in [0, 0.05) is 73.6 Å². The number of amides is 3. The number of aromatic nitrogens is 2. The van der Waals surface area contributed by atoms with Gasteiger partial charge in [0.15, 0.2) is 0 Å². The van der Waals surface area contributed by atoms with Gasteiger partial charge in [0.25, 0.3) is 5.91 Å². The number of rotatable bonds is 6. The minimum atomic E-state index is -0.121. The van der Waals surface area contributed by atoms with E-state index in [-0.39, 0.29) is 30.3 Å². The Hall–Kier alpha value is -3.66. The summed E-state index contributed by atoms with van der Waals surface area (Å²) in [5.74, 6) is 0.718. The molecule has 2 aliphatic heterocycles. The maximum atomic E-state index is 13.9. The van der Waals surface area contributed by atoms with E-state index in [0.29, 0.717) is 44.8 Å². The molecule has 5 rings (SSSR count). The first kappa shape index (κ1) is 26.9. The van der Waals surface area contributed by atoms with Gasteiger partial charge < -0.3 is 24.2 Å². The third-order valence-corrected chi connectivity index (χ3v) is 8.36. The van der Waals surface area contributed by atoms with E-state index in [9.17, 15) is 14.4 Å². The fourth-order valence-electron chi connectivity index (χ4n) is 5.33. The Morgan fingerprint density at radius 2 is 1.79 bits per heavy atom. The number of nitrogens with zero attached hydrogens (tertiary/aromatic N) is 6. The first-order valence-corrected chi connectivity index (χ1v) is 13.9. The van der Waals surface area contributed by atoms with E-state index in [2.05, 4.69) is 38.5 Å². The van der Waals surface area contributed by atoms with Gasteiger partial charge in [-0.15, -0.1) is 0 Å². The topological polar surface area (TPSA) is 82.0 Å². The van der Waals surface area contributed by atoms with Gasteiger partial charge in [-0.25, -0.2) is 4.98 Å². The average molecular weight is 594 g/mol. The number of hydrogen-bond donors (Lipinski definition) is 0. The van der Waals surface area contributed by atoms with Crippen molar-refractivity contribution in [3.8, 4) is 0 Å². The van der Waals surface area contributed by atoms with E-state index in [1.807, 2.05) is 53.8 Å². The predicted octanol–water partition coefficient (Wildman–Crippen LogP) is 3.23. The van der Waals surface area contributed by atoms with Gasteiger partial charge in [0.05, 0.1) is 11.6 Å². The fraction of sp³-hybridized carbons (Fsp3) is 0.379. The van der Waals surface area contributed by atoms with Crippen LogP contribution in [-0.2, 0) is 16.1 Å². The lowest BCUT2D eigenvalue weighted by Gasteiger charge is -2.43. The van der Waals surface area contributed by atoms with E-state index in [4.69, 9.17) is 0 Å². The molecule has 39 heavy (non-hydrogen) atoms. The predicted molar refractivity (Wildman–Crippen MR) is 155 cm³/mol. The number of anilines is 1. The number of aryl methyl sites for hydroxylation is 1. The Labute approximate surface area is 236 Å². The van der Waals surface area contributed by atoms with Gasteiger partial charge >= 0.3 is 0 Å². The lowest BCUT2D eigenvalue weighted by molar-refractivity contribution is -0.142. The van der Waals surface area contributed by atoms with Crippen LogP contribution in [0, 0.1) is 13.8 Å². The van der Waals surface area contributed by atoms with Gasteiger partial charge in [0.2, 0.25) is 11.8 Å². The van der Waals surface area contributed by atoms with Crippen molar-refractivity contribution in [3.05, 3.63) is 70.5 Å². The molecule has 0 radical (unpaired) electrons. The number of benzene rings is 1. The summed E-state index contributed by atoms with van der Waals surface area (Å²) in [5, 5.41) is 0.830. The Kier molecular flexibility index (Phi) is 7.48. The van der Waals surface area contributed by atoms with Gasteiger partial charge in [-0.1, -0.05) is 28.6 Å². The van der Waals surface area contributed by atoms with Crippen LogP contribution in [0.25, 0.3) is 10.9 Å². The molecule has 3 amide bonds. The van der Waals surface area contributed by atoms with E-state index in [0.717, 1.165) is 32.5 Å². The number of hydrogen-bond acceptors (Lipinski definition) is 5. The average Bonchev–Trinajstić information content (AvgIpc) is 3.17. The van der Waals surface area contributed by atoms with Gasteiger partial charge in [-0.2, -0.15) is 0 Å².